The Bertz CT molecular complexity index is 557. The number of H-pyrrole nitrogens is 1. The molecule has 0 saturated carbocycles. The fraction of sp³-hybridized carbons (Fsp3) is 0.308. The van der Waals surface area contributed by atoms with Gasteiger partial charge in [0.05, 0.1) is 19.2 Å². The van der Waals surface area contributed by atoms with Gasteiger partial charge < -0.3 is 14.5 Å². The fourth-order valence-electron chi connectivity index (χ4n) is 1.90. The second kappa shape index (κ2) is 4.49. The first-order chi connectivity index (χ1) is 8.19. The molecule has 2 aromatic rings. The number of carbonyl (C=O) groups excluding carboxylic acids is 1. The minimum absolute atomic E-state index is 0.344. The summed E-state index contributed by atoms with van der Waals surface area (Å²) in [6.07, 6.45) is 0. The molecule has 4 heteroatoms. The van der Waals surface area contributed by atoms with Gasteiger partial charge in [0.1, 0.15) is 0 Å². The monoisotopic (exact) mass is 233 g/mol. The summed E-state index contributed by atoms with van der Waals surface area (Å²) in [6.45, 7) is 4.10. The van der Waals surface area contributed by atoms with Gasteiger partial charge in [0, 0.05) is 5.39 Å². The lowest BCUT2D eigenvalue weighted by Gasteiger charge is -2.02. The van der Waals surface area contributed by atoms with Gasteiger partial charge in [0.25, 0.3) is 0 Å². The molecule has 0 aliphatic rings. The maximum absolute atomic E-state index is 11.8. The van der Waals surface area contributed by atoms with Gasteiger partial charge >= 0.3 is 5.97 Å². The van der Waals surface area contributed by atoms with Gasteiger partial charge in [-0.3, -0.25) is 0 Å². The lowest BCUT2D eigenvalue weighted by molar-refractivity contribution is 0.0517. The largest absolute Gasteiger partial charge is 0.494 e. The van der Waals surface area contributed by atoms with Crippen molar-refractivity contribution in [2.75, 3.05) is 13.7 Å². The highest BCUT2D eigenvalue weighted by Crippen LogP contribution is 2.31. The summed E-state index contributed by atoms with van der Waals surface area (Å²) in [5.74, 6) is 0.155. The maximum atomic E-state index is 11.8. The van der Waals surface area contributed by atoms with Crippen LogP contribution in [-0.4, -0.2) is 24.7 Å². The zero-order valence-corrected chi connectivity index (χ0v) is 10.2. The van der Waals surface area contributed by atoms with E-state index in [1.165, 1.54) is 0 Å². The zero-order chi connectivity index (χ0) is 12.4. The Kier molecular flexibility index (Phi) is 3.04. The molecule has 1 aromatic carbocycles. The minimum atomic E-state index is -0.389. The zero-order valence-electron chi connectivity index (χ0n) is 10.2. The van der Waals surface area contributed by atoms with Crippen LogP contribution in [0.3, 0.4) is 0 Å². The maximum Gasteiger partial charge on any atom is 0.358 e. The highest BCUT2D eigenvalue weighted by Gasteiger charge is 2.20. The third-order valence-electron chi connectivity index (χ3n) is 2.68. The SMILES string of the molecule is CCOC(=O)c1[nH]c2c(C)cccc2c1OC. The second-order valence-corrected chi connectivity index (χ2v) is 3.75. The number of aromatic amines is 1. The molecule has 0 aliphatic heterocycles. The third kappa shape index (κ3) is 1.86. The van der Waals surface area contributed by atoms with Crippen molar-refractivity contribution in [3.63, 3.8) is 0 Å². The molecule has 17 heavy (non-hydrogen) atoms. The summed E-state index contributed by atoms with van der Waals surface area (Å²) in [4.78, 5) is 14.8. The number of rotatable bonds is 3. The van der Waals surface area contributed by atoms with E-state index in [-0.39, 0.29) is 5.97 Å². The summed E-state index contributed by atoms with van der Waals surface area (Å²) < 4.78 is 10.3. The summed E-state index contributed by atoms with van der Waals surface area (Å²) >= 11 is 0. The van der Waals surface area contributed by atoms with Crippen LogP contribution in [0.5, 0.6) is 5.75 Å². The van der Waals surface area contributed by atoms with Gasteiger partial charge in [-0.2, -0.15) is 0 Å². The summed E-state index contributed by atoms with van der Waals surface area (Å²) in [6, 6.07) is 5.83. The van der Waals surface area contributed by atoms with E-state index in [2.05, 4.69) is 4.98 Å². The molecule has 1 N–H and O–H groups in total. The van der Waals surface area contributed by atoms with Gasteiger partial charge in [-0.1, -0.05) is 12.1 Å². The number of aromatic nitrogens is 1. The number of nitrogens with one attached hydrogen (secondary N) is 1. The van der Waals surface area contributed by atoms with Crippen LogP contribution < -0.4 is 4.74 Å². The Labute approximate surface area is 99.5 Å². The van der Waals surface area contributed by atoms with E-state index in [1.54, 1.807) is 14.0 Å². The minimum Gasteiger partial charge on any atom is -0.494 e. The molecule has 2 rings (SSSR count). The molecule has 0 spiro atoms. The average molecular weight is 233 g/mol. The number of carbonyl (C=O) groups is 1. The number of fused-ring (bicyclic) bond motifs is 1. The topological polar surface area (TPSA) is 51.3 Å². The first-order valence-electron chi connectivity index (χ1n) is 5.51. The van der Waals surface area contributed by atoms with Gasteiger partial charge in [-0.05, 0) is 25.5 Å². The first-order valence-corrected chi connectivity index (χ1v) is 5.51. The Hall–Kier alpha value is -1.97. The van der Waals surface area contributed by atoms with Crippen molar-refractivity contribution >= 4 is 16.9 Å². The summed E-state index contributed by atoms with van der Waals surface area (Å²) in [5.41, 5.74) is 2.35. The molecule has 0 amide bonds. The van der Waals surface area contributed by atoms with Crippen LogP contribution in [0.1, 0.15) is 23.0 Å². The molecular weight excluding hydrogens is 218 g/mol. The number of para-hydroxylation sites is 1. The standard InChI is InChI=1S/C13H15NO3/c1-4-17-13(15)11-12(16-3)9-7-5-6-8(2)10(9)14-11/h5-7,14H,4H2,1-3H3. The van der Waals surface area contributed by atoms with E-state index >= 15 is 0 Å². The van der Waals surface area contributed by atoms with Crippen LogP contribution in [-0.2, 0) is 4.74 Å². The number of hydrogen-bond acceptors (Lipinski definition) is 3. The predicted molar refractivity (Wildman–Crippen MR) is 65.5 cm³/mol. The first kappa shape index (κ1) is 11.5. The van der Waals surface area contributed by atoms with Crippen LogP contribution in [0, 0.1) is 6.92 Å². The predicted octanol–water partition coefficient (Wildman–Crippen LogP) is 2.66. The van der Waals surface area contributed by atoms with Gasteiger partial charge in [-0.15, -0.1) is 0 Å². The fourth-order valence-corrected chi connectivity index (χ4v) is 1.90. The Morgan fingerprint density at radius 3 is 2.82 bits per heavy atom. The molecule has 0 aliphatic carbocycles. The lowest BCUT2D eigenvalue weighted by atomic mass is 10.1. The third-order valence-corrected chi connectivity index (χ3v) is 2.68. The van der Waals surface area contributed by atoms with Crippen LogP contribution >= 0.6 is 0 Å². The Morgan fingerprint density at radius 2 is 2.18 bits per heavy atom. The molecule has 4 nitrogen and oxygen atoms in total. The number of hydrogen-bond donors (Lipinski definition) is 1. The van der Waals surface area contributed by atoms with Gasteiger partial charge in [0.15, 0.2) is 11.4 Å². The van der Waals surface area contributed by atoms with Crippen molar-refractivity contribution in [3.8, 4) is 5.75 Å². The molecule has 0 fully saturated rings. The summed E-state index contributed by atoms with van der Waals surface area (Å²) in [7, 11) is 1.55. The Morgan fingerprint density at radius 1 is 1.41 bits per heavy atom. The van der Waals surface area contributed by atoms with Crippen molar-refractivity contribution in [2.45, 2.75) is 13.8 Å². The van der Waals surface area contributed by atoms with E-state index < -0.39 is 0 Å². The number of methoxy groups -OCH3 is 1. The van der Waals surface area contributed by atoms with Crippen LogP contribution in [0.15, 0.2) is 18.2 Å². The number of ether oxygens (including phenoxy) is 2. The van der Waals surface area contributed by atoms with E-state index in [4.69, 9.17) is 9.47 Å². The molecule has 0 unspecified atom stereocenters. The van der Waals surface area contributed by atoms with Crippen LogP contribution in [0.4, 0.5) is 0 Å². The smallest absolute Gasteiger partial charge is 0.358 e. The van der Waals surface area contributed by atoms with Crippen molar-refractivity contribution in [1.29, 1.82) is 0 Å². The van der Waals surface area contributed by atoms with Crippen molar-refractivity contribution in [3.05, 3.63) is 29.5 Å². The van der Waals surface area contributed by atoms with Crippen molar-refractivity contribution < 1.29 is 14.3 Å². The van der Waals surface area contributed by atoms with Crippen molar-refractivity contribution in [2.24, 2.45) is 0 Å². The second-order valence-electron chi connectivity index (χ2n) is 3.75. The molecule has 90 valence electrons. The highest BCUT2D eigenvalue weighted by molar-refractivity contribution is 6.01. The van der Waals surface area contributed by atoms with E-state index in [1.807, 2.05) is 25.1 Å². The van der Waals surface area contributed by atoms with E-state index in [0.29, 0.717) is 18.1 Å². The number of benzene rings is 1. The molecule has 0 atom stereocenters. The molecule has 0 saturated heterocycles. The number of aryl methyl sites for hydroxylation is 1. The number of esters is 1. The quantitative estimate of drug-likeness (QED) is 0.829. The van der Waals surface area contributed by atoms with Crippen molar-refractivity contribution in [1.82, 2.24) is 4.98 Å². The van der Waals surface area contributed by atoms with Crippen LogP contribution in [0.2, 0.25) is 0 Å². The molecule has 1 aromatic heterocycles. The summed E-state index contributed by atoms with van der Waals surface area (Å²) in [5, 5.41) is 0.899. The van der Waals surface area contributed by atoms with Gasteiger partial charge in [-0.25, -0.2) is 4.79 Å². The molecule has 0 radical (unpaired) electrons. The molecular formula is C13H15NO3. The lowest BCUT2D eigenvalue weighted by Crippen LogP contribution is -2.06. The van der Waals surface area contributed by atoms with Crippen LogP contribution in [0.25, 0.3) is 10.9 Å². The molecule has 0 bridgehead atoms. The highest BCUT2D eigenvalue weighted by atomic mass is 16.5. The Balaban J connectivity index is 2.63. The molecule has 1 heterocycles. The van der Waals surface area contributed by atoms with Gasteiger partial charge in [0.2, 0.25) is 0 Å². The average Bonchev–Trinajstić information content (AvgIpc) is 2.69. The van der Waals surface area contributed by atoms with E-state index in [0.717, 1.165) is 16.5 Å². The van der Waals surface area contributed by atoms with E-state index in [9.17, 15) is 4.79 Å². The normalized spacial score (nSPS) is 10.5.